The van der Waals surface area contributed by atoms with E-state index in [0.717, 1.165) is 23.2 Å². The molecule has 0 radical (unpaired) electrons. The van der Waals surface area contributed by atoms with Crippen LogP contribution in [0.3, 0.4) is 0 Å². The van der Waals surface area contributed by atoms with E-state index in [2.05, 4.69) is 26.1 Å². The summed E-state index contributed by atoms with van der Waals surface area (Å²) < 4.78 is 0. The minimum Gasteiger partial charge on any atom is -0.334 e. The number of nitro groups is 1. The van der Waals surface area contributed by atoms with Crippen molar-refractivity contribution in [1.82, 2.24) is 15.4 Å². The first kappa shape index (κ1) is 19.7. The quantitative estimate of drug-likeness (QED) is 0.397. The van der Waals surface area contributed by atoms with Gasteiger partial charge in [-0.3, -0.25) is 25.8 Å². The molecule has 0 fully saturated rings. The molecule has 0 saturated heterocycles. The van der Waals surface area contributed by atoms with Gasteiger partial charge in [-0.25, -0.2) is 9.97 Å². The van der Waals surface area contributed by atoms with E-state index >= 15 is 0 Å². The zero-order valence-corrected chi connectivity index (χ0v) is 15.8. The number of hydrogen-bond acceptors (Lipinski definition) is 7. The zero-order chi connectivity index (χ0) is 20.6. The van der Waals surface area contributed by atoms with Gasteiger partial charge in [-0.1, -0.05) is 55.5 Å². The van der Waals surface area contributed by atoms with Gasteiger partial charge in [0.25, 0.3) is 0 Å². The van der Waals surface area contributed by atoms with E-state index in [9.17, 15) is 14.9 Å². The van der Waals surface area contributed by atoms with Gasteiger partial charge in [0.15, 0.2) is 0 Å². The molecule has 3 aromatic rings. The highest BCUT2D eigenvalue weighted by molar-refractivity contribution is 5.81. The van der Waals surface area contributed by atoms with E-state index in [1.807, 2.05) is 61.5 Å². The van der Waals surface area contributed by atoms with Gasteiger partial charge in [0.2, 0.25) is 17.5 Å². The van der Waals surface area contributed by atoms with Crippen LogP contribution in [0.1, 0.15) is 18.1 Å². The fraction of sp³-hybridized carbons (Fsp3) is 0.150. The molecule has 3 rings (SSSR count). The van der Waals surface area contributed by atoms with E-state index in [-0.39, 0.29) is 29.7 Å². The maximum atomic E-state index is 12.1. The number of hydrogen-bond donors (Lipinski definition) is 3. The van der Waals surface area contributed by atoms with Crippen LogP contribution in [0.2, 0.25) is 0 Å². The number of carbonyl (C=O) groups is 1. The van der Waals surface area contributed by atoms with Gasteiger partial charge in [-0.05, 0) is 23.6 Å². The number of aromatic nitrogens is 2. The maximum absolute atomic E-state index is 12.1. The minimum absolute atomic E-state index is 0.0331. The number of nitrogens with one attached hydrogen (secondary N) is 3. The number of nitrogens with zero attached hydrogens (tertiary/aromatic N) is 3. The van der Waals surface area contributed by atoms with Gasteiger partial charge in [0.1, 0.15) is 6.33 Å². The molecule has 0 aliphatic heterocycles. The smallest absolute Gasteiger partial charge is 0.334 e. The Morgan fingerprint density at radius 1 is 1.03 bits per heavy atom. The van der Waals surface area contributed by atoms with Crippen LogP contribution in [0.25, 0.3) is 0 Å². The number of aryl methyl sites for hydroxylation is 1. The molecule has 1 amide bonds. The first-order chi connectivity index (χ1) is 14.1. The highest BCUT2D eigenvalue weighted by atomic mass is 16.6. The van der Waals surface area contributed by atoms with Crippen molar-refractivity contribution in [3.05, 3.63) is 82.2 Å². The molecule has 0 aliphatic rings. The summed E-state index contributed by atoms with van der Waals surface area (Å²) in [5, 5.41) is 14.7. The Labute approximate surface area is 167 Å². The Bertz CT molecular complexity index is 1010. The van der Waals surface area contributed by atoms with Crippen LogP contribution in [0.4, 0.5) is 23.0 Å². The lowest BCUT2D eigenvalue weighted by Crippen LogP contribution is -2.31. The molecule has 0 bridgehead atoms. The van der Waals surface area contributed by atoms with Gasteiger partial charge in [0.05, 0.1) is 11.3 Å². The molecule has 148 valence electrons. The van der Waals surface area contributed by atoms with Gasteiger partial charge < -0.3 is 5.32 Å². The van der Waals surface area contributed by atoms with Gasteiger partial charge >= 0.3 is 5.69 Å². The maximum Gasteiger partial charge on any atom is 0.355 e. The Morgan fingerprint density at radius 2 is 1.72 bits per heavy atom. The van der Waals surface area contributed by atoms with Crippen LogP contribution in [0, 0.1) is 10.1 Å². The number of anilines is 3. The second kappa shape index (κ2) is 9.27. The molecule has 1 aromatic heterocycles. The second-order valence-electron chi connectivity index (χ2n) is 6.15. The average molecular weight is 392 g/mol. The van der Waals surface area contributed by atoms with E-state index in [1.54, 1.807) is 0 Å². The van der Waals surface area contributed by atoms with Crippen molar-refractivity contribution in [3.8, 4) is 0 Å². The van der Waals surface area contributed by atoms with Crippen molar-refractivity contribution in [3.63, 3.8) is 0 Å². The first-order valence-corrected chi connectivity index (χ1v) is 9.01. The molecule has 2 aromatic carbocycles. The fourth-order valence-electron chi connectivity index (χ4n) is 2.77. The molecule has 0 unspecified atom stereocenters. The Balaban J connectivity index is 1.78. The van der Waals surface area contributed by atoms with Crippen LogP contribution in [-0.4, -0.2) is 20.8 Å². The predicted octanol–water partition coefficient (Wildman–Crippen LogP) is 3.38. The van der Waals surface area contributed by atoms with Crippen LogP contribution in [0.15, 0.2) is 60.9 Å². The molecular weight excluding hydrogens is 372 g/mol. The Hall–Kier alpha value is -4.01. The van der Waals surface area contributed by atoms with E-state index in [0.29, 0.717) is 0 Å². The lowest BCUT2D eigenvalue weighted by Gasteiger charge is -2.12. The molecule has 0 spiro atoms. The zero-order valence-electron chi connectivity index (χ0n) is 15.8. The third-order valence-corrected chi connectivity index (χ3v) is 4.18. The standard InChI is InChI=1S/C20H20N6O3/c1-2-15-10-6-7-11-16(15)23-19-18(26(28)29)20(22-13-21-19)25-24-17(27)12-14-8-4-3-5-9-14/h3-11,13H,2,12H2,1H3,(H,24,27)(H2,21,22,23,25). The summed E-state index contributed by atoms with van der Waals surface area (Å²) >= 11 is 0. The van der Waals surface area contributed by atoms with Crippen LogP contribution < -0.4 is 16.2 Å². The Morgan fingerprint density at radius 3 is 2.45 bits per heavy atom. The lowest BCUT2D eigenvalue weighted by molar-refractivity contribution is -0.383. The van der Waals surface area contributed by atoms with Crippen molar-refractivity contribution >= 4 is 28.9 Å². The topological polar surface area (TPSA) is 122 Å². The van der Waals surface area contributed by atoms with Crippen molar-refractivity contribution in [2.24, 2.45) is 0 Å². The van der Waals surface area contributed by atoms with Gasteiger partial charge in [0, 0.05) is 5.69 Å². The molecule has 0 saturated carbocycles. The fourth-order valence-corrected chi connectivity index (χ4v) is 2.77. The summed E-state index contributed by atoms with van der Waals surface area (Å²) in [4.78, 5) is 31.1. The molecule has 9 nitrogen and oxygen atoms in total. The molecule has 3 N–H and O–H groups in total. The third kappa shape index (κ3) is 5.04. The van der Waals surface area contributed by atoms with Crippen LogP contribution >= 0.6 is 0 Å². The molecule has 9 heteroatoms. The summed E-state index contributed by atoms with van der Waals surface area (Å²) in [7, 11) is 0. The monoisotopic (exact) mass is 392 g/mol. The highest BCUT2D eigenvalue weighted by Crippen LogP contribution is 2.31. The van der Waals surface area contributed by atoms with Crippen molar-refractivity contribution < 1.29 is 9.72 Å². The largest absolute Gasteiger partial charge is 0.355 e. The van der Waals surface area contributed by atoms with Crippen molar-refractivity contribution in [1.29, 1.82) is 0 Å². The number of hydrazine groups is 1. The summed E-state index contributed by atoms with van der Waals surface area (Å²) in [6.45, 7) is 1.99. The van der Waals surface area contributed by atoms with Crippen molar-refractivity contribution in [2.45, 2.75) is 19.8 Å². The lowest BCUT2D eigenvalue weighted by atomic mass is 10.1. The van der Waals surface area contributed by atoms with E-state index in [4.69, 9.17) is 0 Å². The number of para-hydroxylation sites is 1. The minimum atomic E-state index is -0.595. The molecule has 0 atom stereocenters. The molecule has 1 heterocycles. The van der Waals surface area contributed by atoms with Crippen LogP contribution in [0.5, 0.6) is 0 Å². The number of benzene rings is 2. The molecular formula is C20H20N6O3. The summed E-state index contributed by atoms with van der Waals surface area (Å²) in [5.74, 6) is -0.427. The summed E-state index contributed by atoms with van der Waals surface area (Å²) in [6.07, 6.45) is 2.07. The van der Waals surface area contributed by atoms with Crippen molar-refractivity contribution in [2.75, 3.05) is 10.7 Å². The third-order valence-electron chi connectivity index (χ3n) is 4.18. The Kier molecular flexibility index (Phi) is 6.31. The van der Waals surface area contributed by atoms with E-state index < -0.39 is 4.92 Å². The number of rotatable bonds is 8. The number of carbonyl (C=O) groups excluding carboxylic acids is 1. The van der Waals surface area contributed by atoms with E-state index in [1.165, 1.54) is 6.33 Å². The second-order valence-corrected chi connectivity index (χ2v) is 6.15. The summed E-state index contributed by atoms with van der Waals surface area (Å²) in [6, 6.07) is 16.6. The first-order valence-electron chi connectivity index (χ1n) is 9.01. The SMILES string of the molecule is CCc1ccccc1Nc1ncnc(NNC(=O)Cc2ccccc2)c1[N+](=O)[O-]. The van der Waals surface area contributed by atoms with Gasteiger partial charge in [-0.2, -0.15) is 0 Å². The summed E-state index contributed by atoms with van der Waals surface area (Å²) in [5.41, 5.74) is 7.15. The molecule has 29 heavy (non-hydrogen) atoms. The average Bonchev–Trinajstić information content (AvgIpc) is 2.73. The number of amides is 1. The normalized spacial score (nSPS) is 10.2. The predicted molar refractivity (Wildman–Crippen MR) is 110 cm³/mol. The van der Waals surface area contributed by atoms with Crippen LogP contribution in [-0.2, 0) is 17.6 Å². The highest BCUT2D eigenvalue weighted by Gasteiger charge is 2.24. The molecule has 0 aliphatic carbocycles. The van der Waals surface area contributed by atoms with Gasteiger partial charge in [-0.15, -0.1) is 0 Å².